The number of aliphatic hydroxyl groups is 1. The molecule has 2 rings (SSSR count). The van der Waals surface area contributed by atoms with Crippen LogP contribution in [0.1, 0.15) is 5.56 Å². The predicted octanol–water partition coefficient (Wildman–Crippen LogP) is 2.17. The van der Waals surface area contributed by atoms with Gasteiger partial charge < -0.3 is 5.11 Å². The van der Waals surface area contributed by atoms with Crippen molar-refractivity contribution in [2.24, 2.45) is 0 Å². The van der Waals surface area contributed by atoms with E-state index in [9.17, 15) is 12.8 Å². The van der Waals surface area contributed by atoms with Gasteiger partial charge in [-0.3, -0.25) is 4.72 Å². The van der Waals surface area contributed by atoms with Crippen LogP contribution in [0.4, 0.5) is 10.2 Å². The highest BCUT2D eigenvalue weighted by atomic mass is 35.5. The van der Waals surface area contributed by atoms with Crippen LogP contribution >= 0.6 is 11.6 Å². The van der Waals surface area contributed by atoms with Gasteiger partial charge in [-0.05, 0) is 29.8 Å². The van der Waals surface area contributed by atoms with E-state index in [1.54, 1.807) is 6.07 Å². The lowest BCUT2D eigenvalue weighted by atomic mass is 10.2. The molecule has 0 fully saturated rings. The Bertz CT molecular complexity index is 737. The maximum absolute atomic E-state index is 13.2. The number of nitrogens with one attached hydrogen (secondary N) is 1. The van der Waals surface area contributed by atoms with Gasteiger partial charge in [0.15, 0.2) is 5.82 Å². The molecule has 0 saturated heterocycles. The van der Waals surface area contributed by atoms with Gasteiger partial charge in [-0.2, -0.15) is 0 Å². The third-order valence-corrected chi connectivity index (χ3v) is 4.20. The molecule has 0 aliphatic carbocycles. The number of aromatic nitrogens is 1. The lowest BCUT2D eigenvalue weighted by Crippen LogP contribution is -2.16. The first-order valence-corrected chi connectivity index (χ1v) is 7.33. The number of hydrogen-bond donors (Lipinski definition) is 2. The van der Waals surface area contributed by atoms with Crippen molar-refractivity contribution in [3.63, 3.8) is 0 Å². The van der Waals surface area contributed by atoms with E-state index in [2.05, 4.69) is 9.71 Å². The highest BCUT2D eigenvalue weighted by Crippen LogP contribution is 2.24. The lowest BCUT2D eigenvalue weighted by molar-refractivity contribution is 0.278. The van der Waals surface area contributed by atoms with E-state index in [0.717, 1.165) is 12.1 Å². The smallest absolute Gasteiger partial charge is 0.263 e. The molecular formula is C12H10ClFN2O3S. The lowest BCUT2D eigenvalue weighted by Gasteiger charge is -2.11. The van der Waals surface area contributed by atoms with E-state index in [-0.39, 0.29) is 21.3 Å². The summed E-state index contributed by atoms with van der Waals surface area (Å²) in [6, 6.07) is 6.10. The fourth-order valence-corrected chi connectivity index (χ4v) is 3.05. The first kappa shape index (κ1) is 14.7. The molecule has 0 atom stereocenters. The molecule has 5 nitrogen and oxygen atoms in total. The van der Waals surface area contributed by atoms with E-state index in [4.69, 9.17) is 16.7 Å². The maximum atomic E-state index is 13.2. The van der Waals surface area contributed by atoms with Gasteiger partial charge in [-0.15, -0.1) is 0 Å². The van der Waals surface area contributed by atoms with E-state index < -0.39 is 22.4 Å². The standard InChI is InChI=1S/C12H10ClFN2O3S/c13-10-2-1-5-15-12(10)16-20(18,19)11-6-9(14)4-3-8(11)7-17/h1-6,17H,7H2,(H,15,16). The first-order chi connectivity index (χ1) is 9.44. The summed E-state index contributed by atoms with van der Waals surface area (Å²) < 4.78 is 39.8. The van der Waals surface area contributed by atoms with E-state index in [0.29, 0.717) is 0 Å². The van der Waals surface area contributed by atoms with Gasteiger partial charge in [-0.25, -0.2) is 17.8 Å². The van der Waals surface area contributed by atoms with Crippen molar-refractivity contribution < 1.29 is 17.9 Å². The Hall–Kier alpha value is -1.70. The average molecular weight is 317 g/mol. The van der Waals surface area contributed by atoms with Crippen LogP contribution in [-0.4, -0.2) is 18.5 Å². The van der Waals surface area contributed by atoms with Gasteiger partial charge in [0.25, 0.3) is 10.0 Å². The molecule has 0 aliphatic heterocycles. The Labute approximate surface area is 120 Å². The number of nitrogens with zero attached hydrogens (tertiary/aromatic N) is 1. The summed E-state index contributed by atoms with van der Waals surface area (Å²) in [5, 5.41) is 9.25. The van der Waals surface area contributed by atoms with Crippen molar-refractivity contribution in [2.45, 2.75) is 11.5 Å². The molecule has 2 aromatic rings. The molecule has 0 amide bonds. The number of anilines is 1. The molecule has 0 radical (unpaired) electrons. The molecule has 1 aromatic carbocycles. The van der Waals surface area contributed by atoms with Gasteiger partial charge in [0.05, 0.1) is 16.5 Å². The van der Waals surface area contributed by atoms with Crippen molar-refractivity contribution in [1.29, 1.82) is 0 Å². The van der Waals surface area contributed by atoms with Crippen LogP contribution in [0.15, 0.2) is 41.4 Å². The van der Waals surface area contributed by atoms with Gasteiger partial charge in [0, 0.05) is 6.20 Å². The van der Waals surface area contributed by atoms with Crippen LogP contribution < -0.4 is 4.72 Å². The average Bonchev–Trinajstić information content (AvgIpc) is 2.41. The maximum Gasteiger partial charge on any atom is 0.263 e. The molecule has 8 heteroatoms. The van der Waals surface area contributed by atoms with Crippen LogP contribution in [0.3, 0.4) is 0 Å². The molecule has 0 spiro atoms. The normalized spacial score (nSPS) is 11.3. The Kier molecular flexibility index (Phi) is 4.22. The second kappa shape index (κ2) is 5.74. The second-order valence-corrected chi connectivity index (χ2v) is 5.91. The minimum atomic E-state index is -4.10. The van der Waals surface area contributed by atoms with Crippen LogP contribution in [0, 0.1) is 5.82 Å². The SMILES string of the molecule is O=S(=O)(Nc1ncccc1Cl)c1cc(F)ccc1CO. The van der Waals surface area contributed by atoms with E-state index in [1.165, 1.54) is 18.3 Å². The summed E-state index contributed by atoms with van der Waals surface area (Å²) in [6.07, 6.45) is 1.36. The zero-order valence-electron chi connectivity index (χ0n) is 10.0. The molecule has 1 heterocycles. The largest absolute Gasteiger partial charge is 0.392 e. The first-order valence-electron chi connectivity index (χ1n) is 5.46. The van der Waals surface area contributed by atoms with E-state index in [1.807, 2.05) is 0 Å². The molecule has 0 aliphatic rings. The molecule has 20 heavy (non-hydrogen) atoms. The number of benzene rings is 1. The highest BCUT2D eigenvalue weighted by molar-refractivity contribution is 7.92. The number of pyridine rings is 1. The minimum absolute atomic E-state index is 0.0673. The van der Waals surface area contributed by atoms with Gasteiger partial charge in [-0.1, -0.05) is 17.7 Å². The zero-order chi connectivity index (χ0) is 14.8. The Morgan fingerprint density at radius 1 is 1.35 bits per heavy atom. The van der Waals surface area contributed by atoms with Gasteiger partial charge >= 0.3 is 0 Å². The third kappa shape index (κ3) is 3.06. The van der Waals surface area contributed by atoms with Gasteiger partial charge in [0.1, 0.15) is 5.82 Å². The Balaban J connectivity index is 2.46. The quantitative estimate of drug-likeness (QED) is 0.906. The predicted molar refractivity (Wildman–Crippen MR) is 72.4 cm³/mol. The summed E-state index contributed by atoms with van der Waals surface area (Å²) in [5.41, 5.74) is 0.0750. The fourth-order valence-electron chi connectivity index (χ4n) is 1.55. The minimum Gasteiger partial charge on any atom is -0.392 e. The summed E-state index contributed by atoms with van der Waals surface area (Å²) in [5.74, 6) is -0.794. The molecule has 1 aromatic heterocycles. The van der Waals surface area contributed by atoms with Crippen LogP contribution in [0.2, 0.25) is 5.02 Å². The molecule has 106 valence electrons. The molecular weight excluding hydrogens is 307 g/mol. The topological polar surface area (TPSA) is 79.3 Å². The van der Waals surface area contributed by atoms with E-state index >= 15 is 0 Å². The molecule has 0 saturated carbocycles. The van der Waals surface area contributed by atoms with Crippen LogP contribution in [0.25, 0.3) is 0 Å². The van der Waals surface area contributed by atoms with Crippen molar-refractivity contribution in [2.75, 3.05) is 4.72 Å². The van der Waals surface area contributed by atoms with Crippen LogP contribution in [-0.2, 0) is 16.6 Å². The summed E-state index contributed by atoms with van der Waals surface area (Å²) >= 11 is 5.81. The van der Waals surface area contributed by atoms with Crippen molar-refractivity contribution >= 4 is 27.4 Å². The zero-order valence-corrected chi connectivity index (χ0v) is 11.6. The summed E-state index contributed by atoms with van der Waals surface area (Å²) in [7, 11) is -4.10. The highest BCUT2D eigenvalue weighted by Gasteiger charge is 2.20. The Morgan fingerprint density at radius 2 is 2.10 bits per heavy atom. The third-order valence-electron chi connectivity index (χ3n) is 2.48. The Morgan fingerprint density at radius 3 is 2.75 bits per heavy atom. The van der Waals surface area contributed by atoms with Crippen molar-refractivity contribution in [1.82, 2.24) is 4.98 Å². The van der Waals surface area contributed by atoms with Crippen LogP contribution in [0.5, 0.6) is 0 Å². The number of sulfonamides is 1. The van der Waals surface area contributed by atoms with Crippen molar-refractivity contribution in [3.05, 3.63) is 52.9 Å². The summed E-state index contributed by atoms with van der Waals surface area (Å²) in [4.78, 5) is 3.43. The monoisotopic (exact) mass is 316 g/mol. The van der Waals surface area contributed by atoms with Crippen molar-refractivity contribution in [3.8, 4) is 0 Å². The van der Waals surface area contributed by atoms with Gasteiger partial charge in [0.2, 0.25) is 0 Å². The molecule has 0 unspecified atom stereocenters. The number of rotatable bonds is 4. The number of halogens is 2. The second-order valence-electron chi connectivity index (χ2n) is 3.85. The number of aliphatic hydroxyl groups excluding tert-OH is 1. The molecule has 2 N–H and O–H groups in total. The number of hydrogen-bond acceptors (Lipinski definition) is 4. The summed E-state index contributed by atoms with van der Waals surface area (Å²) in [6.45, 7) is -0.535. The molecule has 0 bridgehead atoms. The fraction of sp³-hybridized carbons (Fsp3) is 0.0833.